The van der Waals surface area contributed by atoms with Crippen molar-refractivity contribution in [1.82, 2.24) is 5.32 Å². The Bertz CT molecular complexity index is 361. The summed E-state index contributed by atoms with van der Waals surface area (Å²) in [6, 6.07) is 0. The summed E-state index contributed by atoms with van der Waals surface area (Å²) in [4.78, 5) is 42.8. The lowest BCUT2D eigenvalue weighted by Gasteiger charge is -2.27. The lowest BCUT2D eigenvalue weighted by Crippen LogP contribution is -2.49. The zero-order valence-corrected chi connectivity index (χ0v) is 16.5. The molecule has 0 radical (unpaired) electrons. The smallest absolute Gasteiger partial charge is 0.305 e. The Labute approximate surface area is 151 Å². The van der Waals surface area contributed by atoms with Crippen LogP contribution in [0, 0.1) is 0 Å². The number of carboxylic acid groups (broad SMARTS) is 3. The molecule has 0 atom stereocenters. The predicted molar refractivity (Wildman–Crippen MR) is 96.1 cm³/mol. The van der Waals surface area contributed by atoms with Crippen molar-refractivity contribution in [2.75, 3.05) is 7.05 Å². The van der Waals surface area contributed by atoms with Gasteiger partial charge in [-0.3, -0.25) is 19.2 Å². The van der Waals surface area contributed by atoms with Crippen LogP contribution in [0.1, 0.15) is 32.6 Å². The number of halogens is 2. The first kappa shape index (κ1) is 26.2. The summed E-state index contributed by atoms with van der Waals surface area (Å²) >= 11 is 4.24. The fourth-order valence-electron chi connectivity index (χ4n) is 1.44. The topological polar surface area (TPSA) is 167 Å². The van der Waals surface area contributed by atoms with Crippen LogP contribution < -0.4 is 11.1 Å². The fourth-order valence-corrected chi connectivity index (χ4v) is 1.44. The van der Waals surface area contributed by atoms with Gasteiger partial charge in [0, 0.05) is 43.7 Å². The molecule has 0 saturated carbocycles. The van der Waals surface area contributed by atoms with Crippen molar-refractivity contribution in [2.45, 2.75) is 38.1 Å². The van der Waals surface area contributed by atoms with Gasteiger partial charge in [0.15, 0.2) is 0 Å². The van der Waals surface area contributed by atoms with Gasteiger partial charge in [-0.2, -0.15) is 0 Å². The molecule has 0 heterocycles. The molecular weight excluding hydrogens is 526 g/mol. The van der Waals surface area contributed by atoms with Crippen LogP contribution in [0.2, 0.25) is 0 Å². The first-order valence-corrected chi connectivity index (χ1v) is 12.1. The van der Waals surface area contributed by atoms with Gasteiger partial charge in [-0.15, -0.1) is 0 Å². The van der Waals surface area contributed by atoms with Gasteiger partial charge in [0.1, 0.15) is 0 Å². The van der Waals surface area contributed by atoms with Crippen LogP contribution in [0.5, 0.6) is 0 Å². The second kappa shape index (κ2) is 15.2. The third-order valence-corrected chi connectivity index (χ3v) is 2.09. The van der Waals surface area contributed by atoms with E-state index in [1.165, 1.54) is 14.0 Å². The number of amides is 1. The zero-order chi connectivity index (χ0) is 18.3. The molecule has 0 aliphatic carbocycles. The van der Waals surface area contributed by atoms with E-state index in [9.17, 15) is 19.2 Å². The standard InChI is InChI=1S/C10H15NO7.CH5N.I2/c1-10(4-8(15)16,5-9(17)18)11-6(12)2-3-7(13)14;2*1-2/h2-5H2,1H3,(H,11,12)(H,13,14)(H,15,16)(H,17,18);2H2,1H3;. The summed E-state index contributed by atoms with van der Waals surface area (Å²) < 4.78 is 0. The number of hydrogen-bond donors (Lipinski definition) is 5. The van der Waals surface area contributed by atoms with E-state index in [1.54, 1.807) is 0 Å². The van der Waals surface area contributed by atoms with Crippen LogP contribution in [0.25, 0.3) is 0 Å². The minimum Gasteiger partial charge on any atom is -0.481 e. The molecule has 0 fully saturated rings. The highest BCUT2D eigenvalue weighted by Crippen LogP contribution is 2.15. The first-order chi connectivity index (χ1) is 10.1. The minimum atomic E-state index is -1.44. The average Bonchev–Trinajstić information content (AvgIpc) is 2.38. The zero-order valence-electron chi connectivity index (χ0n) is 12.1. The fraction of sp³-hybridized carbons (Fsp3) is 0.636. The van der Waals surface area contributed by atoms with Crippen molar-refractivity contribution in [3.63, 3.8) is 0 Å². The summed E-state index contributed by atoms with van der Waals surface area (Å²) in [7, 11) is 1.50. The van der Waals surface area contributed by atoms with E-state index in [0.29, 0.717) is 0 Å². The van der Waals surface area contributed by atoms with Crippen molar-refractivity contribution >= 4 is 61.0 Å². The number of aliphatic carboxylic acids is 3. The van der Waals surface area contributed by atoms with Crippen LogP contribution >= 0.6 is 37.2 Å². The van der Waals surface area contributed by atoms with Crippen molar-refractivity contribution < 1.29 is 34.5 Å². The Hall–Kier alpha value is -0.700. The summed E-state index contributed by atoms with van der Waals surface area (Å²) in [5.41, 5.74) is 3.06. The number of hydrogen-bond acceptors (Lipinski definition) is 5. The lowest BCUT2D eigenvalue weighted by molar-refractivity contribution is -0.143. The molecule has 0 aliphatic rings. The molecule has 0 aliphatic heterocycles. The Morgan fingerprint density at radius 1 is 0.909 bits per heavy atom. The van der Waals surface area contributed by atoms with Crippen LogP contribution in [0.4, 0.5) is 0 Å². The van der Waals surface area contributed by atoms with Gasteiger partial charge in [0.05, 0.1) is 24.8 Å². The monoisotopic (exact) mass is 546 g/mol. The third kappa shape index (κ3) is 17.4. The molecule has 6 N–H and O–H groups in total. The van der Waals surface area contributed by atoms with Crippen LogP contribution in [-0.4, -0.2) is 51.7 Å². The minimum absolute atomic E-state index is 0.329. The summed E-state index contributed by atoms with van der Waals surface area (Å²) in [5.74, 6) is -4.36. The molecule has 11 heteroatoms. The van der Waals surface area contributed by atoms with E-state index in [0.717, 1.165) is 0 Å². The second-order valence-corrected chi connectivity index (χ2v) is 4.14. The Morgan fingerprint density at radius 2 is 1.27 bits per heavy atom. The molecule has 0 bridgehead atoms. The highest BCUT2D eigenvalue weighted by molar-refractivity contribution is 15.0. The molecule has 0 rings (SSSR count). The Kier molecular flexibility index (Phi) is 18.1. The molecular formula is C11H20I2N2O7. The highest BCUT2D eigenvalue weighted by atomic mass is 128. The lowest BCUT2D eigenvalue weighted by atomic mass is 9.93. The molecule has 0 saturated heterocycles. The molecule has 0 unspecified atom stereocenters. The largest absolute Gasteiger partial charge is 0.481 e. The molecule has 1 amide bonds. The molecule has 0 aromatic carbocycles. The van der Waals surface area contributed by atoms with Gasteiger partial charge in [-0.05, 0) is 14.0 Å². The van der Waals surface area contributed by atoms with Gasteiger partial charge in [0.2, 0.25) is 5.91 Å². The maximum absolute atomic E-state index is 11.4. The maximum Gasteiger partial charge on any atom is 0.305 e. The van der Waals surface area contributed by atoms with Crippen LogP contribution in [-0.2, 0) is 19.2 Å². The van der Waals surface area contributed by atoms with E-state index in [2.05, 4.69) is 48.3 Å². The second-order valence-electron chi connectivity index (χ2n) is 4.14. The third-order valence-electron chi connectivity index (χ3n) is 2.09. The maximum atomic E-state index is 11.4. The highest BCUT2D eigenvalue weighted by Gasteiger charge is 2.32. The number of carbonyl (C=O) groups excluding carboxylic acids is 1. The van der Waals surface area contributed by atoms with E-state index in [-0.39, 0.29) is 6.42 Å². The summed E-state index contributed by atoms with van der Waals surface area (Å²) in [6.45, 7) is 1.29. The van der Waals surface area contributed by atoms with Gasteiger partial charge >= 0.3 is 17.9 Å². The molecule has 0 spiro atoms. The van der Waals surface area contributed by atoms with E-state index >= 15 is 0 Å². The number of nitrogens with one attached hydrogen (secondary N) is 1. The van der Waals surface area contributed by atoms with Gasteiger partial charge in [-0.1, -0.05) is 0 Å². The molecule has 22 heavy (non-hydrogen) atoms. The molecule has 0 aromatic heterocycles. The number of carboxylic acids is 3. The van der Waals surface area contributed by atoms with Crippen LogP contribution in [0.3, 0.4) is 0 Å². The molecule has 0 aromatic rings. The van der Waals surface area contributed by atoms with Crippen molar-refractivity contribution in [1.29, 1.82) is 0 Å². The average molecular weight is 546 g/mol. The number of nitrogens with two attached hydrogens (primary N) is 1. The van der Waals surface area contributed by atoms with Crippen molar-refractivity contribution in [3.05, 3.63) is 0 Å². The Balaban J connectivity index is -0.000000826. The SMILES string of the molecule is CC(CC(=O)O)(CC(=O)O)NC(=O)CCC(=O)O.CN.II. The first-order valence-electron chi connectivity index (χ1n) is 5.83. The summed E-state index contributed by atoms with van der Waals surface area (Å²) in [6.07, 6.45) is -1.84. The van der Waals surface area contributed by atoms with Crippen molar-refractivity contribution in [2.24, 2.45) is 5.73 Å². The van der Waals surface area contributed by atoms with E-state index < -0.39 is 48.6 Å². The molecule has 130 valence electrons. The van der Waals surface area contributed by atoms with Crippen molar-refractivity contribution in [3.8, 4) is 0 Å². The number of carbonyl (C=O) groups is 4. The van der Waals surface area contributed by atoms with Gasteiger partial charge in [0.25, 0.3) is 0 Å². The van der Waals surface area contributed by atoms with Gasteiger partial charge in [-0.25, -0.2) is 0 Å². The van der Waals surface area contributed by atoms with E-state index in [4.69, 9.17) is 15.3 Å². The number of rotatable bonds is 8. The Morgan fingerprint density at radius 3 is 1.55 bits per heavy atom. The quantitative estimate of drug-likeness (QED) is 0.282. The summed E-state index contributed by atoms with van der Waals surface area (Å²) in [5, 5.41) is 27.9. The van der Waals surface area contributed by atoms with E-state index in [1.807, 2.05) is 0 Å². The normalized spacial score (nSPS) is 9.32. The molecule has 9 nitrogen and oxygen atoms in total. The van der Waals surface area contributed by atoms with Gasteiger partial charge < -0.3 is 26.4 Å². The predicted octanol–water partition coefficient (Wildman–Crippen LogP) is 1.02. The van der Waals surface area contributed by atoms with Crippen LogP contribution in [0.15, 0.2) is 0 Å².